The first kappa shape index (κ1) is 15.6. The van der Waals surface area contributed by atoms with Gasteiger partial charge in [-0.05, 0) is 17.7 Å². The second kappa shape index (κ2) is 6.80. The lowest BCUT2D eigenvalue weighted by molar-refractivity contribution is -0.125. The van der Waals surface area contributed by atoms with Crippen LogP contribution in [0, 0.1) is 4.91 Å². The van der Waals surface area contributed by atoms with Gasteiger partial charge in [0.1, 0.15) is 5.66 Å². The third-order valence-corrected chi connectivity index (χ3v) is 3.37. The zero-order valence-electron chi connectivity index (χ0n) is 12.2. The zero-order chi connectivity index (χ0) is 16.0. The largest absolute Gasteiger partial charge is 0.347 e. The van der Waals surface area contributed by atoms with Crippen molar-refractivity contribution < 1.29 is 9.59 Å². The Morgan fingerprint density at radius 1 is 1.23 bits per heavy atom. The summed E-state index contributed by atoms with van der Waals surface area (Å²) in [6.45, 7) is 1.85. The van der Waals surface area contributed by atoms with Gasteiger partial charge in [-0.3, -0.25) is 9.59 Å². The van der Waals surface area contributed by atoms with Crippen LogP contribution in [0.4, 0.5) is 0 Å². The average Bonchev–Trinajstić information content (AvgIpc) is 2.50. The minimum atomic E-state index is -1.08. The monoisotopic (exact) mass is 299 g/mol. The van der Waals surface area contributed by atoms with Gasteiger partial charge in [0, 0.05) is 24.8 Å². The van der Waals surface area contributed by atoms with Crippen molar-refractivity contribution in [1.29, 1.82) is 0 Å². The molecule has 2 amide bonds. The van der Waals surface area contributed by atoms with Gasteiger partial charge < -0.3 is 10.2 Å². The Labute approximate surface area is 128 Å². The molecule has 2 rings (SSSR count). The van der Waals surface area contributed by atoms with E-state index in [-0.39, 0.29) is 12.3 Å². The lowest BCUT2D eigenvalue weighted by atomic mass is 9.99. The Morgan fingerprint density at radius 3 is 2.59 bits per heavy atom. The van der Waals surface area contributed by atoms with Crippen LogP contribution in [-0.4, -0.2) is 22.4 Å². The summed E-state index contributed by atoms with van der Waals surface area (Å²) in [5.74, 6) is -1.11. The molecule has 1 heterocycles. The topological polar surface area (TPSA) is 78.8 Å². The van der Waals surface area contributed by atoms with Crippen LogP contribution in [0.25, 0.3) is 0 Å². The lowest BCUT2D eigenvalue weighted by Gasteiger charge is -2.42. The fourth-order valence-corrected chi connectivity index (χ4v) is 2.46. The van der Waals surface area contributed by atoms with Crippen LogP contribution in [0.3, 0.4) is 0 Å². The van der Waals surface area contributed by atoms with Gasteiger partial charge in [-0.2, -0.15) is 0 Å². The second-order valence-electron chi connectivity index (χ2n) is 5.08. The molecular formula is C16H17N3O3. The van der Waals surface area contributed by atoms with Gasteiger partial charge in [0.15, 0.2) is 0 Å². The van der Waals surface area contributed by atoms with Crippen molar-refractivity contribution in [2.24, 2.45) is 5.18 Å². The van der Waals surface area contributed by atoms with Gasteiger partial charge in [0.05, 0.1) is 6.42 Å². The summed E-state index contributed by atoms with van der Waals surface area (Å²) < 4.78 is 0. The molecule has 1 atom stereocenters. The Kier molecular flexibility index (Phi) is 4.83. The van der Waals surface area contributed by atoms with E-state index in [1.54, 1.807) is 18.4 Å². The molecule has 0 radical (unpaired) electrons. The van der Waals surface area contributed by atoms with Gasteiger partial charge in [0.2, 0.25) is 5.91 Å². The molecule has 1 N–H and O–H groups in total. The van der Waals surface area contributed by atoms with Crippen molar-refractivity contribution in [2.75, 3.05) is 0 Å². The summed E-state index contributed by atoms with van der Waals surface area (Å²) in [7, 11) is 0. The maximum Gasteiger partial charge on any atom is 0.290 e. The molecule has 114 valence electrons. The second-order valence-corrected chi connectivity index (χ2v) is 5.08. The van der Waals surface area contributed by atoms with Gasteiger partial charge in [0.25, 0.3) is 5.91 Å². The summed E-state index contributed by atoms with van der Waals surface area (Å²) in [6, 6.07) is 9.64. The van der Waals surface area contributed by atoms with E-state index in [2.05, 4.69) is 10.5 Å². The number of carbonyl (C=O) groups is 2. The summed E-state index contributed by atoms with van der Waals surface area (Å²) in [4.78, 5) is 35.4. The molecule has 1 unspecified atom stereocenters. The number of hydrogen-bond acceptors (Lipinski definition) is 4. The molecule has 0 aromatic heterocycles. The highest BCUT2D eigenvalue weighted by Gasteiger charge is 2.37. The van der Waals surface area contributed by atoms with E-state index in [1.807, 2.05) is 41.3 Å². The molecule has 1 aliphatic rings. The maximum absolute atomic E-state index is 11.6. The van der Waals surface area contributed by atoms with E-state index in [4.69, 9.17) is 0 Å². The van der Waals surface area contributed by atoms with E-state index in [1.165, 1.54) is 6.92 Å². The molecule has 0 fully saturated rings. The Bertz CT molecular complexity index is 625. The van der Waals surface area contributed by atoms with E-state index in [0.29, 0.717) is 6.54 Å². The van der Waals surface area contributed by atoms with Gasteiger partial charge in [-0.1, -0.05) is 36.4 Å². The number of allylic oxidation sites excluding steroid dienone is 2. The smallest absolute Gasteiger partial charge is 0.290 e. The highest BCUT2D eigenvalue weighted by Crippen LogP contribution is 2.26. The van der Waals surface area contributed by atoms with Crippen LogP contribution in [0.15, 0.2) is 59.9 Å². The Hall–Kier alpha value is -2.76. The van der Waals surface area contributed by atoms with Gasteiger partial charge in [-0.15, -0.1) is 4.91 Å². The third-order valence-electron chi connectivity index (χ3n) is 3.37. The average molecular weight is 299 g/mol. The van der Waals surface area contributed by atoms with Crippen molar-refractivity contribution in [1.82, 2.24) is 10.2 Å². The number of rotatable bonds is 5. The third kappa shape index (κ3) is 3.66. The SMILES string of the molecule is CC(=O)NC1(CC(=O)N=O)C=CC=CN1Cc1ccccc1. The van der Waals surface area contributed by atoms with E-state index in [0.717, 1.165) is 5.56 Å². The lowest BCUT2D eigenvalue weighted by Crippen LogP contribution is -2.58. The zero-order valence-corrected chi connectivity index (χ0v) is 12.2. The number of nitroso groups, excluding NO2 is 1. The molecule has 22 heavy (non-hydrogen) atoms. The van der Waals surface area contributed by atoms with Crippen molar-refractivity contribution in [2.45, 2.75) is 25.6 Å². The molecule has 6 heteroatoms. The first-order valence-corrected chi connectivity index (χ1v) is 6.87. The summed E-state index contributed by atoms with van der Waals surface area (Å²) in [5, 5.41) is 5.21. The van der Waals surface area contributed by atoms with Crippen LogP contribution < -0.4 is 5.32 Å². The highest BCUT2D eigenvalue weighted by molar-refractivity contribution is 5.81. The fraction of sp³-hybridized carbons (Fsp3) is 0.250. The fourth-order valence-electron chi connectivity index (χ4n) is 2.46. The molecule has 6 nitrogen and oxygen atoms in total. The van der Waals surface area contributed by atoms with Gasteiger partial charge in [-0.25, -0.2) is 0 Å². The van der Waals surface area contributed by atoms with Gasteiger partial charge >= 0.3 is 0 Å². The number of carbonyl (C=O) groups excluding carboxylic acids is 2. The van der Waals surface area contributed by atoms with Crippen molar-refractivity contribution in [3.63, 3.8) is 0 Å². The molecule has 0 aliphatic carbocycles. The molecule has 0 bridgehead atoms. The van der Waals surface area contributed by atoms with Crippen molar-refractivity contribution >= 4 is 11.8 Å². The maximum atomic E-state index is 11.6. The van der Waals surface area contributed by atoms with E-state index >= 15 is 0 Å². The van der Waals surface area contributed by atoms with Crippen LogP contribution >= 0.6 is 0 Å². The highest BCUT2D eigenvalue weighted by atomic mass is 16.3. The molecule has 0 saturated heterocycles. The quantitative estimate of drug-likeness (QED) is 0.844. The predicted molar refractivity (Wildman–Crippen MR) is 82.2 cm³/mol. The van der Waals surface area contributed by atoms with Crippen LogP contribution in [-0.2, 0) is 16.1 Å². The van der Waals surface area contributed by atoms with Crippen LogP contribution in [0.1, 0.15) is 18.9 Å². The molecule has 1 aromatic carbocycles. The van der Waals surface area contributed by atoms with E-state index < -0.39 is 11.6 Å². The van der Waals surface area contributed by atoms with Crippen LogP contribution in [0.5, 0.6) is 0 Å². The summed E-state index contributed by atoms with van der Waals surface area (Å²) in [5.41, 5.74) is -0.0646. The van der Waals surface area contributed by atoms with E-state index in [9.17, 15) is 14.5 Å². The first-order valence-electron chi connectivity index (χ1n) is 6.87. The molecule has 0 saturated carbocycles. The van der Waals surface area contributed by atoms with Crippen LogP contribution in [0.2, 0.25) is 0 Å². The number of nitrogens with zero attached hydrogens (tertiary/aromatic N) is 2. The first-order chi connectivity index (χ1) is 10.6. The van der Waals surface area contributed by atoms with Crippen molar-refractivity contribution in [3.05, 3.63) is 65.2 Å². The normalized spacial score (nSPS) is 19.8. The minimum absolute atomic E-state index is 0.218. The standard InChI is InChI=1S/C16H17N3O3/c1-13(20)17-16(11-15(21)18-22)9-5-6-10-19(16)12-14-7-3-2-4-8-14/h2-10H,11-12H2,1H3,(H,17,20). The molecular weight excluding hydrogens is 282 g/mol. The number of nitrogens with one attached hydrogen (secondary N) is 1. The predicted octanol–water partition coefficient (Wildman–Crippen LogP) is 2.09. The molecule has 1 aliphatic heterocycles. The van der Waals surface area contributed by atoms with Crippen molar-refractivity contribution in [3.8, 4) is 0 Å². The minimum Gasteiger partial charge on any atom is -0.347 e. The Balaban J connectivity index is 2.31. The molecule has 1 aromatic rings. The number of hydrogen-bond donors (Lipinski definition) is 1. The number of benzene rings is 1. The summed E-state index contributed by atoms with van der Waals surface area (Å²) in [6.07, 6.45) is 6.79. The number of amides is 2. The summed E-state index contributed by atoms with van der Waals surface area (Å²) >= 11 is 0. The Morgan fingerprint density at radius 2 is 1.95 bits per heavy atom. The molecule has 0 spiro atoms.